The van der Waals surface area contributed by atoms with E-state index in [1.54, 1.807) is 0 Å². The minimum Gasteiger partial charge on any atom is -0.353 e. The first-order valence-corrected chi connectivity index (χ1v) is 8.33. The first kappa shape index (κ1) is 15.8. The van der Waals surface area contributed by atoms with Gasteiger partial charge in [-0.15, -0.1) is 0 Å². The van der Waals surface area contributed by atoms with E-state index in [1.165, 1.54) is 22.3 Å². The van der Waals surface area contributed by atoms with Crippen LogP contribution in [0.25, 0.3) is 11.1 Å². The average molecular weight is 308 g/mol. The predicted octanol–water partition coefficient (Wildman–Crippen LogP) is 3.60. The Kier molecular flexibility index (Phi) is 4.49. The molecule has 0 spiro atoms. The second-order valence-corrected chi connectivity index (χ2v) is 6.36. The van der Waals surface area contributed by atoms with Gasteiger partial charge in [-0.3, -0.25) is 9.69 Å². The Morgan fingerprint density at radius 3 is 2.04 bits per heavy atom. The second kappa shape index (κ2) is 6.55. The summed E-state index contributed by atoms with van der Waals surface area (Å²) in [6, 6.07) is 17.4. The highest BCUT2D eigenvalue weighted by Crippen LogP contribution is 2.45. The van der Waals surface area contributed by atoms with Gasteiger partial charge in [-0.2, -0.15) is 0 Å². The van der Waals surface area contributed by atoms with Crippen LogP contribution in [0.2, 0.25) is 0 Å². The number of rotatable bonds is 5. The summed E-state index contributed by atoms with van der Waals surface area (Å²) in [5, 5.41) is 3.00. The Hall–Kier alpha value is -2.13. The van der Waals surface area contributed by atoms with Gasteiger partial charge in [-0.25, -0.2) is 0 Å². The maximum absolute atomic E-state index is 12.3. The summed E-state index contributed by atoms with van der Waals surface area (Å²) in [6.45, 7) is 7.36. The van der Waals surface area contributed by atoms with Gasteiger partial charge < -0.3 is 5.32 Å². The van der Waals surface area contributed by atoms with Crippen molar-refractivity contribution in [1.82, 2.24) is 10.2 Å². The molecule has 0 saturated carbocycles. The van der Waals surface area contributed by atoms with Gasteiger partial charge in [0, 0.05) is 6.04 Å². The third kappa shape index (κ3) is 3.02. The molecule has 0 radical (unpaired) electrons. The molecule has 3 heteroatoms. The summed E-state index contributed by atoms with van der Waals surface area (Å²) in [5.74, 6) is 0.0868. The first-order chi connectivity index (χ1) is 11.1. The number of nitrogens with zero attached hydrogens (tertiary/aromatic N) is 1. The summed E-state index contributed by atoms with van der Waals surface area (Å²) in [4.78, 5) is 14.5. The lowest BCUT2D eigenvalue weighted by Crippen LogP contribution is -2.41. The minimum absolute atomic E-state index is 0.0868. The fourth-order valence-corrected chi connectivity index (χ4v) is 3.46. The van der Waals surface area contributed by atoms with Crippen molar-refractivity contribution in [2.24, 2.45) is 0 Å². The smallest absolute Gasteiger partial charge is 0.234 e. The maximum Gasteiger partial charge on any atom is 0.234 e. The van der Waals surface area contributed by atoms with Crippen LogP contribution in [-0.4, -0.2) is 29.9 Å². The van der Waals surface area contributed by atoms with Crippen molar-refractivity contribution >= 4 is 5.91 Å². The largest absolute Gasteiger partial charge is 0.353 e. The summed E-state index contributed by atoms with van der Waals surface area (Å²) in [6.07, 6.45) is 0. The molecule has 3 nitrogen and oxygen atoms in total. The molecule has 1 N–H and O–H groups in total. The van der Waals surface area contributed by atoms with Crippen LogP contribution in [0.4, 0.5) is 0 Å². The van der Waals surface area contributed by atoms with Gasteiger partial charge in [0.05, 0.1) is 12.6 Å². The molecule has 0 fully saturated rings. The lowest BCUT2D eigenvalue weighted by molar-refractivity contribution is -0.123. The molecule has 1 aliphatic carbocycles. The fourth-order valence-electron chi connectivity index (χ4n) is 3.46. The summed E-state index contributed by atoms with van der Waals surface area (Å²) < 4.78 is 0. The summed E-state index contributed by atoms with van der Waals surface area (Å²) >= 11 is 0. The Morgan fingerprint density at radius 2 is 1.57 bits per heavy atom. The molecule has 0 unspecified atom stereocenters. The lowest BCUT2D eigenvalue weighted by atomic mass is 10.0. The highest BCUT2D eigenvalue weighted by molar-refractivity contribution is 5.81. The zero-order chi connectivity index (χ0) is 16.4. The number of carbonyl (C=O) groups excluding carboxylic acids is 1. The molecule has 3 rings (SSSR count). The van der Waals surface area contributed by atoms with E-state index in [0.29, 0.717) is 6.54 Å². The molecule has 120 valence electrons. The molecule has 0 atom stereocenters. The molecule has 0 bridgehead atoms. The Morgan fingerprint density at radius 1 is 1.04 bits per heavy atom. The molecular formula is C20H24N2O. The zero-order valence-electron chi connectivity index (χ0n) is 14.0. The number of hydrogen-bond donors (Lipinski definition) is 1. The number of hydrogen-bond acceptors (Lipinski definition) is 2. The number of nitrogens with one attached hydrogen (secondary N) is 1. The first-order valence-electron chi connectivity index (χ1n) is 8.33. The Balaban J connectivity index is 1.96. The predicted molar refractivity (Wildman–Crippen MR) is 94.2 cm³/mol. The van der Waals surface area contributed by atoms with Crippen molar-refractivity contribution in [1.29, 1.82) is 0 Å². The number of fused-ring (bicyclic) bond motifs is 3. The van der Waals surface area contributed by atoms with Crippen LogP contribution >= 0.6 is 0 Å². The number of amides is 1. The van der Waals surface area contributed by atoms with E-state index < -0.39 is 0 Å². The quantitative estimate of drug-likeness (QED) is 0.915. The van der Waals surface area contributed by atoms with E-state index in [2.05, 4.69) is 65.7 Å². The van der Waals surface area contributed by atoms with Gasteiger partial charge in [0.15, 0.2) is 0 Å². The van der Waals surface area contributed by atoms with E-state index in [1.807, 2.05) is 13.8 Å². The van der Waals surface area contributed by atoms with Crippen molar-refractivity contribution in [3.8, 4) is 11.1 Å². The molecule has 1 amide bonds. The van der Waals surface area contributed by atoms with Gasteiger partial charge >= 0.3 is 0 Å². The SMILES string of the molecule is CCN(CC(=O)NC(C)C)C1c2ccccc2-c2ccccc21. The van der Waals surface area contributed by atoms with Crippen LogP contribution in [0.1, 0.15) is 37.9 Å². The molecule has 0 saturated heterocycles. The number of benzene rings is 2. The molecule has 0 aliphatic heterocycles. The van der Waals surface area contributed by atoms with Crippen LogP contribution in [0.3, 0.4) is 0 Å². The lowest BCUT2D eigenvalue weighted by Gasteiger charge is -2.29. The highest BCUT2D eigenvalue weighted by atomic mass is 16.2. The van der Waals surface area contributed by atoms with Crippen molar-refractivity contribution in [3.63, 3.8) is 0 Å². The monoisotopic (exact) mass is 308 g/mol. The molecular weight excluding hydrogens is 284 g/mol. The van der Waals surface area contributed by atoms with Gasteiger partial charge in [0.1, 0.15) is 0 Å². The van der Waals surface area contributed by atoms with Gasteiger partial charge in [-0.1, -0.05) is 55.5 Å². The van der Waals surface area contributed by atoms with E-state index in [9.17, 15) is 4.79 Å². The van der Waals surface area contributed by atoms with E-state index >= 15 is 0 Å². The third-order valence-electron chi connectivity index (χ3n) is 4.37. The average Bonchev–Trinajstić information content (AvgIpc) is 2.87. The summed E-state index contributed by atoms with van der Waals surface area (Å²) in [7, 11) is 0. The van der Waals surface area contributed by atoms with Gasteiger partial charge in [-0.05, 0) is 42.6 Å². The molecule has 0 heterocycles. The van der Waals surface area contributed by atoms with E-state index in [0.717, 1.165) is 6.54 Å². The highest BCUT2D eigenvalue weighted by Gasteiger charge is 2.32. The van der Waals surface area contributed by atoms with Crippen molar-refractivity contribution < 1.29 is 4.79 Å². The molecule has 23 heavy (non-hydrogen) atoms. The van der Waals surface area contributed by atoms with Crippen molar-refractivity contribution in [2.45, 2.75) is 32.9 Å². The van der Waals surface area contributed by atoms with Crippen LogP contribution in [0.15, 0.2) is 48.5 Å². The second-order valence-electron chi connectivity index (χ2n) is 6.36. The molecule has 2 aromatic carbocycles. The van der Waals surface area contributed by atoms with E-state index in [-0.39, 0.29) is 18.0 Å². The van der Waals surface area contributed by atoms with E-state index in [4.69, 9.17) is 0 Å². The Bertz CT molecular complexity index is 663. The van der Waals surface area contributed by atoms with Crippen molar-refractivity contribution in [3.05, 3.63) is 59.7 Å². The molecule has 2 aromatic rings. The zero-order valence-corrected chi connectivity index (χ0v) is 14.0. The number of carbonyl (C=O) groups is 1. The van der Waals surface area contributed by atoms with Crippen LogP contribution < -0.4 is 5.32 Å². The fraction of sp³-hybridized carbons (Fsp3) is 0.350. The van der Waals surface area contributed by atoms with Crippen LogP contribution in [-0.2, 0) is 4.79 Å². The number of likely N-dealkylation sites (N-methyl/N-ethyl adjacent to an activating group) is 1. The topological polar surface area (TPSA) is 32.3 Å². The Labute approximate surface area is 138 Å². The normalized spacial score (nSPS) is 13.3. The standard InChI is InChI=1S/C20H24N2O/c1-4-22(13-19(23)21-14(2)3)20-17-11-7-5-9-15(17)16-10-6-8-12-18(16)20/h5-12,14,20H,4,13H2,1-3H3,(H,21,23). The minimum atomic E-state index is 0.0868. The van der Waals surface area contributed by atoms with Gasteiger partial charge in [0.2, 0.25) is 5.91 Å². The van der Waals surface area contributed by atoms with Crippen LogP contribution in [0, 0.1) is 0 Å². The third-order valence-corrected chi connectivity index (χ3v) is 4.37. The van der Waals surface area contributed by atoms with Crippen molar-refractivity contribution in [2.75, 3.05) is 13.1 Å². The molecule has 0 aromatic heterocycles. The maximum atomic E-state index is 12.3. The molecule has 1 aliphatic rings. The van der Waals surface area contributed by atoms with Crippen LogP contribution in [0.5, 0.6) is 0 Å². The summed E-state index contributed by atoms with van der Waals surface area (Å²) in [5.41, 5.74) is 5.17. The van der Waals surface area contributed by atoms with Gasteiger partial charge in [0.25, 0.3) is 0 Å².